The van der Waals surface area contributed by atoms with Crippen molar-refractivity contribution in [2.75, 3.05) is 31.6 Å². The predicted molar refractivity (Wildman–Crippen MR) is 76.7 cm³/mol. The zero-order valence-electron chi connectivity index (χ0n) is 11.9. The van der Waals surface area contributed by atoms with Gasteiger partial charge in [-0.1, -0.05) is 12.1 Å². The number of hydrogen-bond acceptors (Lipinski definition) is 4. The van der Waals surface area contributed by atoms with Crippen LogP contribution in [0.5, 0.6) is 0 Å². The minimum atomic E-state index is -0.274. The zero-order chi connectivity index (χ0) is 13.9. The van der Waals surface area contributed by atoms with Crippen molar-refractivity contribution in [3.8, 4) is 0 Å². The van der Waals surface area contributed by atoms with Crippen LogP contribution in [0.25, 0.3) is 0 Å². The topological polar surface area (TPSA) is 41.6 Å². The van der Waals surface area contributed by atoms with Crippen LogP contribution in [0.3, 0.4) is 0 Å². The van der Waals surface area contributed by atoms with Gasteiger partial charge in [0.2, 0.25) is 0 Å². The largest absolute Gasteiger partial charge is 0.465 e. The van der Waals surface area contributed by atoms with Gasteiger partial charge in [0.25, 0.3) is 0 Å². The summed E-state index contributed by atoms with van der Waals surface area (Å²) in [6.07, 6.45) is 1.04. The first-order valence-corrected chi connectivity index (χ1v) is 6.72. The first kappa shape index (κ1) is 13.9. The highest BCUT2D eigenvalue weighted by Crippen LogP contribution is 2.30. The third-order valence-corrected chi connectivity index (χ3v) is 3.76. The molecule has 1 aromatic rings. The van der Waals surface area contributed by atoms with Crippen LogP contribution in [0.2, 0.25) is 0 Å². The monoisotopic (exact) mass is 262 g/mol. The second-order valence-corrected chi connectivity index (χ2v) is 5.47. The molecule has 0 bridgehead atoms. The normalized spacial score (nSPS) is 18.8. The summed E-state index contributed by atoms with van der Waals surface area (Å²) in [5.74, 6) is -0.274. The van der Waals surface area contributed by atoms with Crippen LogP contribution in [-0.2, 0) is 4.74 Å². The van der Waals surface area contributed by atoms with Crippen molar-refractivity contribution in [2.45, 2.75) is 25.8 Å². The molecule has 0 amide bonds. The van der Waals surface area contributed by atoms with Crippen molar-refractivity contribution in [3.05, 3.63) is 29.8 Å². The maximum atomic E-state index is 11.9. The molecule has 1 aliphatic heterocycles. The molecule has 0 saturated carbocycles. The SMILES string of the molecule is COC(=O)c1ccccc1N1CCNCCC1(C)C. The van der Waals surface area contributed by atoms with Gasteiger partial charge < -0.3 is 15.0 Å². The molecule has 0 radical (unpaired) electrons. The van der Waals surface area contributed by atoms with Crippen LogP contribution in [-0.4, -0.2) is 38.3 Å². The lowest BCUT2D eigenvalue weighted by Gasteiger charge is -2.39. The van der Waals surface area contributed by atoms with E-state index in [1.165, 1.54) is 7.11 Å². The van der Waals surface area contributed by atoms with Crippen molar-refractivity contribution in [3.63, 3.8) is 0 Å². The van der Waals surface area contributed by atoms with Crippen molar-refractivity contribution in [1.82, 2.24) is 5.32 Å². The Bertz CT molecular complexity index is 457. The Balaban J connectivity index is 2.41. The lowest BCUT2D eigenvalue weighted by atomic mass is 9.96. The first-order chi connectivity index (χ1) is 9.06. The highest BCUT2D eigenvalue weighted by molar-refractivity contribution is 5.96. The van der Waals surface area contributed by atoms with Crippen LogP contribution in [0.15, 0.2) is 24.3 Å². The number of para-hydroxylation sites is 1. The van der Waals surface area contributed by atoms with E-state index in [9.17, 15) is 4.79 Å². The number of rotatable bonds is 2. The number of nitrogens with zero attached hydrogens (tertiary/aromatic N) is 1. The van der Waals surface area contributed by atoms with Crippen molar-refractivity contribution >= 4 is 11.7 Å². The lowest BCUT2D eigenvalue weighted by Crippen LogP contribution is -2.45. The Morgan fingerprint density at radius 3 is 2.79 bits per heavy atom. The van der Waals surface area contributed by atoms with E-state index in [2.05, 4.69) is 24.1 Å². The summed E-state index contributed by atoms with van der Waals surface area (Å²) in [6, 6.07) is 7.67. The molecule has 2 rings (SSSR count). The Kier molecular flexibility index (Phi) is 4.10. The minimum Gasteiger partial charge on any atom is -0.465 e. The number of ether oxygens (including phenoxy) is 1. The number of carbonyl (C=O) groups excluding carboxylic acids is 1. The fraction of sp³-hybridized carbons (Fsp3) is 0.533. The Morgan fingerprint density at radius 2 is 2.05 bits per heavy atom. The van der Waals surface area contributed by atoms with Crippen LogP contribution >= 0.6 is 0 Å². The van der Waals surface area contributed by atoms with Gasteiger partial charge in [0.05, 0.1) is 18.4 Å². The van der Waals surface area contributed by atoms with Gasteiger partial charge in [0.15, 0.2) is 0 Å². The fourth-order valence-corrected chi connectivity index (χ4v) is 2.59. The summed E-state index contributed by atoms with van der Waals surface area (Å²) in [5, 5.41) is 3.41. The van der Waals surface area contributed by atoms with Gasteiger partial charge in [-0.05, 0) is 38.9 Å². The average molecular weight is 262 g/mol. The number of carbonyl (C=O) groups is 1. The summed E-state index contributed by atoms with van der Waals surface area (Å²) in [5.41, 5.74) is 1.62. The molecule has 1 aliphatic rings. The molecular formula is C15H22N2O2. The second kappa shape index (κ2) is 5.61. The van der Waals surface area contributed by atoms with Crippen LogP contribution in [0.1, 0.15) is 30.6 Å². The van der Waals surface area contributed by atoms with Gasteiger partial charge in [0, 0.05) is 18.6 Å². The molecule has 0 unspecified atom stereocenters. The molecule has 0 atom stereocenters. The third kappa shape index (κ3) is 2.89. The molecule has 19 heavy (non-hydrogen) atoms. The van der Waals surface area contributed by atoms with Crippen LogP contribution < -0.4 is 10.2 Å². The van der Waals surface area contributed by atoms with Crippen molar-refractivity contribution in [2.24, 2.45) is 0 Å². The number of hydrogen-bond donors (Lipinski definition) is 1. The molecule has 1 heterocycles. The van der Waals surface area contributed by atoms with Crippen molar-refractivity contribution < 1.29 is 9.53 Å². The highest BCUT2D eigenvalue weighted by Gasteiger charge is 2.30. The molecule has 0 spiro atoms. The molecule has 1 aromatic carbocycles. The molecule has 0 aromatic heterocycles. The van der Waals surface area contributed by atoms with E-state index in [0.29, 0.717) is 5.56 Å². The van der Waals surface area contributed by atoms with E-state index in [1.807, 2.05) is 24.3 Å². The van der Waals surface area contributed by atoms with Gasteiger partial charge in [-0.25, -0.2) is 4.79 Å². The lowest BCUT2D eigenvalue weighted by molar-refractivity contribution is 0.0601. The summed E-state index contributed by atoms with van der Waals surface area (Å²) >= 11 is 0. The van der Waals surface area contributed by atoms with Crippen molar-refractivity contribution in [1.29, 1.82) is 0 Å². The maximum absolute atomic E-state index is 11.9. The number of nitrogens with one attached hydrogen (secondary N) is 1. The molecular weight excluding hydrogens is 240 g/mol. The van der Waals surface area contributed by atoms with E-state index in [0.717, 1.165) is 31.7 Å². The number of esters is 1. The fourth-order valence-electron chi connectivity index (χ4n) is 2.59. The van der Waals surface area contributed by atoms with Gasteiger partial charge >= 0.3 is 5.97 Å². The van der Waals surface area contributed by atoms with E-state index in [1.54, 1.807) is 0 Å². The second-order valence-electron chi connectivity index (χ2n) is 5.47. The Hall–Kier alpha value is -1.55. The van der Waals surface area contributed by atoms with E-state index >= 15 is 0 Å². The molecule has 1 saturated heterocycles. The van der Waals surface area contributed by atoms with Gasteiger partial charge in [0.1, 0.15) is 0 Å². The summed E-state index contributed by atoms with van der Waals surface area (Å²) in [7, 11) is 1.42. The molecule has 0 aliphatic carbocycles. The quantitative estimate of drug-likeness (QED) is 0.828. The minimum absolute atomic E-state index is 0.0215. The van der Waals surface area contributed by atoms with E-state index in [4.69, 9.17) is 4.74 Å². The van der Waals surface area contributed by atoms with E-state index < -0.39 is 0 Å². The van der Waals surface area contributed by atoms with Gasteiger partial charge in [-0.15, -0.1) is 0 Å². The Labute approximate surface area is 114 Å². The van der Waals surface area contributed by atoms with Crippen LogP contribution in [0, 0.1) is 0 Å². The number of benzene rings is 1. The molecule has 1 fully saturated rings. The van der Waals surface area contributed by atoms with Gasteiger partial charge in [-0.2, -0.15) is 0 Å². The zero-order valence-corrected chi connectivity index (χ0v) is 11.9. The molecule has 104 valence electrons. The standard InChI is InChI=1S/C15H22N2O2/c1-15(2)8-9-16-10-11-17(15)13-7-5-4-6-12(13)14(18)19-3/h4-7,16H,8-11H2,1-3H3. The highest BCUT2D eigenvalue weighted by atomic mass is 16.5. The predicted octanol–water partition coefficient (Wildman–Crippen LogP) is 2.05. The first-order valence-electron chi connectivity index (χ1n) is 6.72. The maximum Gasteiger partial charge on any atom is 0.339 e. The average Bonchev–Trinajstić information content (AvgIpc) is 2.58. The summed E-state index contributed by atoms with van der Waals surface area (Å²) in [4.78, 5) is 14.2. The molecule has 1 N–H and O–H groups in total. The van der Waals surface area contributed by atoms with Crippen LogP contribution in [0.4, 0.5) is 5.69 Å². The molecule has 4 heteroatoms. The number of anilines is 1. The smallest absolute Gasteiger partial charge is 0.339 e. The summed E-state index contributed by atoms with van der Waals surface area (Å²) in [6.45, 7) is 7.26. The van der Waals surface area contributed by atoms with Gasteiger partial charge in [-0.3, -0.25) is 0 Å². The third-order valence-electron chi connectivity index (χ3n) is 3.76. The Morgan fingerprint density at radius 1 is 1.32 bits per heavy atom. The number of methoxy groups -OCH3 is 1. The summed E-state index contributed by atoms with van der Waals surface area (Å²) < 4.78 is 4.89. The van der Waals surface area contributed by atoms with E-state index in [-0.39, 0.29) is 11.5 Å². The molecule has 4 nitrogen and oxygen atoms in total.